The SMILES string of the molecule is CNCc1ccn(-c2ccc(B(O)O)cc2-c2ccc3c(N)cnnc3c2)n1. The van der Waals surface area contributed by atoms with Gasteiger partial charge in [0, 0.05) is 23.7 Å². The summed E-state index contributed by atoms with van der Waals surface area (Å²) in [7, 11) is 0.296. The maximum Gasteiger partial charge on any atom is 0.488 e. The van der Waals surface area contributed by atoms with Crippen molar-refractivity contribution in [1.29, 1.82) is 0 Å². The van der Waals surface area contributed by atoms with Gasteiger partial charge in [0.05, 0.1) is 28.8 Å². The molecule has 140 valence electrons. The van der Waals surface area contributed by atoms with Gasteiger partial charge in [-0.3, -0.25) is 0 Å². The first-order valence-electron chi connectivity index (χ1n) is 8.77. The first-order valence-corrected chi connectivity index (χ1v) is 8.77. The van der Waals surface area contributed by atoms with Gasteiger partial charge in [0.15, 0.2) is 0 Å². The molecule has 0 aliphatic carbocycles. The van der Waals surface area contributed by atoms with E-state index in [2.05, 4.69) is 20.6 Å². The van der Waals surface area contributed by atoms with Crippen LogP contribution in [0.1, 0.15) is 5.69 Å². The van der Waals surface area contributed by atoms with Gasteiger partial charge in [-0.15, -0.1) is 0 Å². The van der Waals surface area contributed by atoms with Crippen LogP contribution in [0.25, 0.3) is 27.7 Å². The van der Waals surface area contributed by atoms with Crippen molar-refractivity contribution in [1.82, 2.24) is 25.3 Å². The first-order chi connectivity index (χ1) is 13.6. The van der Waals surface area contributed by atoms with E-state index >= 15 is 0 Å². The Bertz CT molecular complexity index is 1140. The number of rotatable bonds is 5. The van der Waals surface area contributed by atoms with Crippen molar-refractivity contribution in [2.45, 2.75) is 6.54 Å². The summed E-state index contributed by atoms with van der Waals surface area (Å²) in [6.07, 6.45) is 3.39. The lowest BCUT2D eigenvalue weighted by Gasteiger charge is -2.13. The van der Waals surface area contributed by atoms with Crippen molar-refractivity contribution in [2.75, 3.05) is 12.8 Å². The summed E-state index contributed by atoms with van der Waals surface area (Å²) in [5.41, 5.74) is 10.9. The van der Waals surface area contributed by atoms with Gasteiger partial charge in [0.25, 0.3) is 0 Å². The molecule has 5 N–H and O–H groups in total. The van der Waals surface area contributed by atoms with Gasteiger partial charge in [-0.25, -0.2) is 4.68 Å². The lowest BCUT2D eigenvalue weighted by Crippen LogP contribution is -2.30. The highest BCUT2D eigenvalue weighted by Gasteiger charge is 2.17. The van der Waals surface area contributed by atoms with E-state index in [9.17, 15) is 10.0 Å². The average molecular weight is 374 g/mol. The van der Waals surface area contributed by atoms with E-state index in [0.29, 0.717) is 23.2 Å². The first kappa shape index (κ1) is 18.1. The summed E-state index contributed by atoms with van der Waals surface area (Å²) in [4.78, 5) is 0. The fourth-order valence-electron chi connectivity index (χ4n) is 3.17. The highest BCUT2D eigenvalue weighted by molar-refractivity contribution is 6.58. The van der Waals surface area contributed by atoms with Crippen molar-refractivity contribution >= 4 is 29.2 Å². The number of fused-ring (bicyclic) bond motifs is 1. The van der Waals surface area contributed by atoms with E-state index in [1.165, 1.54) is 6.20 Å². The van der Waals surface area contributed by atoms with Crippen molar-refractivity contribution < 1.29 is 10.0 Å². The molecule has 0 radical (unpaired) electrons. The molecule has 2 aromatic carbocycles. The Morgan fingerprint density at radius 3 is 2.79 bits per heavy atom. The maximum atomic E-state index is 9.62. The number of benzene rings is 2. The van der Waals surface area contributed by atoms with Crippen LogP contribution in [0.5, 0.6) is 0 Å². The smallest absolute Gasteiger partial charge is 0.423 e. The standard InChI is InChI=1S/C19H19BN6O2/c1-22-10-14-6-7-26(25-14)19-5-3-13(20(27)28)9-16(19)12-2-4-15-17(21)11-23-24-18(15)8-12/h2-9,11,22,27-28H,10H2,1H3,(H2,21,24). The Balaban J connectivity index is 1.89. The third-order valence-electron chi connectivity index (χ3n) is 4.55. The normalized spacial score (nSPS) is 11.1. The molecule has 0 amide bonds. The molecule has 0 unspecified atom stereocenters. The van der Waals surface area contributed by atoms with Gasteiger partial charge in [-0.05, 0) is 42.3 Å². The summed E-state index contributed by atoms with van der Waals surface area (Å²) in [6, 6.07) is 12.8. The van der Waals surface area contributed by atoms with Crippen LogP contribution in [0.3, 0.4) is 0 Å². The minimum atomic E-state index is -1.57. The summed E-state index contributed by atoms with van der Waals surface area (Å²) < 4.78 is 1.77. The van der Waals surface area contributed by atoms with Crippen LogP contribution in [-0.2, 0) is 6.54 Å². The highest BCUT2D eigenvalue weighted by atomic mass is 16.4. The summed E-state index contributed by atoms with van der Waals surface area (Å²) in [5, 5.41) is 35.8. The number of hydrogen-bond acceptors (Lipinski definition) is 7. The molecule has 4 rings (SSSR count). The number of nitrogens with one attached hydrogen (secondary N) is 1. The molecule has 2 heterocycles. The molecular formula is C19H19BN6O2. The number of nitrogen functional groups attached to an aromatic ring is 1. The van der Waals surface area contributed by atoms with Crippen molar-refractivity contribution in [3.63, 3.8) is 0 Å². The Hall–Kier alpha value is -3.27. The van der Waals surface area contributed by atoms with Crippen LogP contribution in [0.2, 0.25) is 0 Å². The average Bonchev–Trinajstić information content (AvgIpc) is 3.16. The van der Waals surface area contributed by atoms with Crippen LogP contribution in [0, 0.1) is 0 Å². The molecule has 4 aromatic rings. The van der Waals surface area contributed by atoms with E-state index in [1.54, 1.807) is 16.8 Å². The minimum Gasteiger partial charge on any atom is -0.423 e. The second kappa shape index (κ2) is 7.39. The highest BCUT2D eigenvalue weighted by Crippen LogP contribution is 2.29. The van der Waals surface area contributed by atoms with Crippen molar-refractivity contribution in [3.8, 4) is 16.8 Å². The van der Waals surface area contributed by atoms with Crippen LogP contribution in [0.15, 0.2) is 54.9 Å². The predicted molar refractivity (Wildman–Crippen MR) is 109 cm³/mol. The molecule has 0 bridgehead atoms. The van der Waals surface area contributed by atoms with E-state index in [-0.39, 0.29) is 0 Å². The third kappa shape index (κ3) is 3.34. The summed E-state index contributed by atoms with van der Waals surface area (Å²) in [6.45, 7) is 0.653. The quantitative estimate of drug-likeness (QED) is 0.375. The largest absolute Gasteiger partial charge is 0.488 e. The van der Waals surface area contributed by atoms with E-state index in [1.807, 2.05) is 43.6 Å². The Morgan fingerprint density at radius 2 is 2.00 bits per heavy atom. The molecule has 0 spiro atoms. The lowest BCUT2D eigenvalue weighted by atomic mass is 9.78. The van der Waals surface area contributed by atoms with Crippen LogP contribution in [-0.4, -0.2) is 44.2 Å². The second-order valence-electron chi connectivity index (χ2n) is 6.46. The van der Waals surface area contributed by atoms with Gasteiger partial charge < -0.3 is 21.1 Å². The molecule has 28 heavy (non-hydrogen) atoms. The van der Waals surface area contributed by atoms with Crippen LogP contribution < -0.4 is 16.5 Å². The van der Waals surface area contributed by atoms with E-state index < -0.39 is 7.12 Å². The molecule has 0 atom stereocenters. The molecule has 0 saturated heterocycles. The number of anilines is 1. The Kier molecular flexibility index (Phi) is 4.78. The van der Waals surface area contributed by atoms with Gasteiger partial charge in [0.1, 0.15) is 0 Å². The molecule has 0 fully saturated rings. The predicted octanol–water partition coefficient (Wildman–Crippen LogP) is 0.464. The monoisotopic (exact) mass is 374 g/mol. The third-order valence-corrected chi connectivity index (χ3v) is 4.55. The Morgan fingerprint density at radius 1 is 1.14 bits per heavy atom. The molecule has 0 saturated carbocycles. The van der Waals surface area contributed by atoms with Crippen LogP contribution >= 0.6 is 0 Å². The van der Waals surface area contributed by atoms with Gasteiger partial charge in [-0.2, -0.15) is 15.3 Å². The van der Waals surface area contributed by atoms with Gasteiger partial charge in [0.2, 0.25) is 0 Å². The molecule has 8 nitrogen and oxygen atoms in total. The van der Waals surface area contributed by atoms with Crippen molar-refractivity contribution in [2.24, 2.45) is 0 Å². The molecule has 2 aromatic heterocycles. The zero-order valence-electron chi connectivity index (χ0n) is 15.2. The summed E-state index contributed by atoms with van der Waals surface area (Å²) >= 11 is 0. The molecule has 0 aliphatic heterocycles. The lowest BCUT2D eigenvalue weighted by molar-refractivity contribution is 0.426. The van der Waals surface area contributed by atoms with Crippen LogP contribution in [0.4, 0.5) is 5.69 Å². The molecule has 0 aliphatic rings. The van der Waals surface area contributed by atoms with E-state index in [4.69, 9.17) is 5.73 Å². The van der Waals surface area contributed by atoms with Gasteiger partial charge in [-0.1, -0.05) is 18.2 Å². The molecular weight excluding hydrogens is 355 g/mol. The topological polar surface area (TPSA) is 122 Å². The minimum absolute atomic E-state index is 0.389. The Labute approximate surface area is 161 Å². The summed E-state index contributed by atoms with van der Waals surface area (Å²) in [5.74, 6) is 0. The zero-order valence-corrected chi connectivity index (χ0v) is 15.2. The molecule has 9 heteroatoms. The fourth-order valence-corrected chi connectivity index (χ4v) is 3.17. The fraction of sp³-hybridized carbons (Fsp3) is 0.105. The van der Waals surface area contributed by atoms with Crippen molar-refractivity contribution in [3.05, 3.63) is 60.6 Å². The van der Waals surface area contributed by atoms with Gasteiger partial charge >= 0.3 is 7.12 Å². The number of aromatic nitrogens is 4. The second-order valence-corrected chi connectivity index (χ2v) is 6.46. The number of nitrogens with zero attached hydrogens (tertiary/aromatic N) is 4. The zero-order chi connectivity index (χ0) is 19.7. The van der Waals surface area contributed by atoms with E-state index in [0.717, 1.165) is 27.9 Å². The number of hydrogen-bond donors (Lipinski definition) is 4. The maximum absolute atomic E-state index is 9.62. The number of nitrogens with two attached hydrogens (primary N) is 1.